The fourth-order valence-electron chi connectivity index (χ4n) is 3.11. The molecule has 0 heterocycles. The van der Waals surface area contributed by atoms with E-state index in [-0.39, 0.29) is 5.91 Å². The van der Waals surface area contributed by atoms with Crippen molar-refractivity contribution in [2.24, 2.45) is 0 Å². The smallest absolute Gasteiger partial charge is 0.235 e. The molecule has 2 aromatic carbocycles. The second-order valence-corrected chi connectivity index (χ2v) is 6.88. The lowest BCUT2D eigenvalue weighted by molar-refractivity contribution is -0.118. The van der Waals surface area contributed by atoms with Gasteiger partial charge in [0, 0.05) is 5.69 Å². The highest BCUT2D eigenvalue weighted by Gasteiger charge is 2.51. The lowest BCUT2D eigenvalue weighted by atomic mass is 9.94. The molecule has 0 bridgehead atoms. The number of methoxy groups -OCH3 is 2. The fraction of sp³-hybridized carbons (Fsp3) is 0.381. The summed E-state index contributed by atoms with van der Waals surface area (Å²) < 4.78 is 10.7. The van der Waals surface area contributed by atoms with Crippen LogP contribution in [0, 0.1) is 0 Å². The van der Waals surface area contributed by atoms with Gasteiger partial charge in [0.15, 0.2) is 11.5 Å². The van der Waals surface area contributed by atoms with Crippen molar-refractivity contribution in [3.8, 4) is 11.5 Å². The quantitative estimate of drug-likeness (QED) is 0.843. The van der Waals surface area contributed by atoms with Gasteiger partial charge in [0.1, 0.15) is 0 Å². The van der Waals surface area contributed by atoms with Crippen LogP contribution in [0.1, 0.15) is 43.7 Å². The number of hydrogen-bond acceptors (Lipinski definition) is 3. The van der Waals surface area contributed by atoms with Gasteiger partial charge in [-0.05, 0) is 54.2 Å². The molecular formula is C21H25NO3. The monoisotopic (exact) mass is 339 g/mol. The second-order valence-electron chi connectivity index (χ2n) is 6.88. The highest BCUT2D eigenvalue weighted by Crippen LogP contribution is 2.50. The number of amides is 1. The molecule has 2 aromatic rings. The summed E-state index contributed by atoms with van der Waals surface area (Å²) in [5.74, 6) is 1.84. The molecular weight excluding hydrogens is 314 g/mol. The Morgan fingerprint density at radius 3 is 2.16 bits per heavy atom. The Hall–Kier alpha value is -2.49. The van der Waals surface area contributed by atoms with Crippen LogP contribution in [0.15, 0.2) is 42.5 Å². The number of hydrogen-bond donors (Lipinski definition) is 1. The van der Waals surface area contributed by atoms with Crippen LogP contribution in [0.4, 0.5) is 5.69 Å². The molecule has 0 radical (unpaired) electrons. The van der Waals surface area contributed by atoms with E-state index in [4.69, 9.17) is 9.47 Å². The molecule has 0 saturated heterocycles. The first-order valence-electron chi connectivity index (χ1n) is 8.64. The van der Waals surface area contributed by atoms with Crippen molar-refractivity contribution in [3.63, 3.8) is 0 Å². The Bertz CT molecular complexity index is 761. The van der Waals surface area contributed by atoms with E-state index in [1.165, 1.54) is 5.56 Å². The molecule has 0 aliphatic heterocycles. The van der Waals surface area contributed by atoms with Crippen LogP contribution in [0.2, 0.25) is 0 Å². The van der Waals surface area contributed by atoms with Gasteiger partial charge in [0.25, 0.3) is 0 Å². The molecule has 1 aliphatic carbocycles. The van der Waals surface area contributed by atoms with E-state index in [1.54, 1.807) is 14.2 Å². The summed E-state index contributed by atoms with van der Waals surface area (Å²) in [6.45, 7) is 4.31. The Kier molecular flexibility index (Phi) is 4.71. The number of anilines is 1. The number of nitrogens with one attached hydrogen (secondary N) is 1. The van der Waals surface area contributed by atoms with Crippen LogP contribution < -0.4 is 14.8 Å². The fourth-order valence-corrected chi connectivity index (χ4v) is 3.11. The van der Waals surface area contributed by atoms with Crippen LogP contribution >= 0.6 is 0 Å². The third kappa shape index (κ3) is 3.34. The third-order valence-corrected chi connectivity index (χ3v) is 4.96. The average molecular weight is 339 g/mol. The van der Waals surface area contributed by atoms with E-state index < -0.39 is 5.41 Å². The Balaban J connectivity index is 1.79. The minimum Gasteiger partial charge on any atom is -0.493 e. The number of ether oxygens (including phenoxy) is 2. The van der Waals surface area contributed by atoms with E-state index in [2.05, 4.69) is 31.3 Å². The van der Waals surface area contributed by atoms with Crippen molar-refractivity contribution in [1.82, 2.24) is 0 Å². The zero-order valence-corrected chi connectivity index (χ0v) is 15.3. The summed E-state index contributed by atoms with van der Waals surface area (Å²) >= 11 is 0. The normalized spacial score (nSPS) is 14.9. The predicted octanol–water partition coefficient (Wildman–Crippen LogP) is 4.50. The van der Waals surface area contributed by atoms with Crippen molar-refractivity contribution in [2.45, 2.75) is 38.0 Å². The first-order valence-corrected chi connectivity index (χ1v) is 8.64. The number of carbonyl (C=O) groups is 1. The largest absolute Gasteiger partial charge is 0.493 e. The molecule has 0 aromatic heterocycles. The summed E-state index contributed by atoms with van der Waals surface area (Å²) in [4.78, 5) is 12.9. The summed E-state index contributed by atoms with van der Waals surface area (Å²) in [6, 6.07) is 13.8. The zero-order valence-electron chi connectivity index (χ0n) is 15.3. The molecule has 1 saturated carbocycles. The predicted molar refractivity (Wildman–Crippen MR) is 99.6 cm³/mol. The molecule has 0 atom stereocenters. The summed E-state index contributed by atoms with van der Waals surface area (Å²) in [5, 5.41) is 3.06. The molecule has 4 heteroatoms. The van der Waals surface area contributed by atoms with Crippen molar-refractivity contribution in [3.05, 3.63) is 53.6 Å². The van der Waals surface area contributed by atoms with Gasteiger partial charge >= 0.3 is 0 Å². The lowest BCUT2D eigenvalue weighted by Gasteiger charge is -2.18. The summed E-state index contributed by atoms with van der Waals surface area (Å²) in [6.07, 6.45) is 1.69. The van der Waals surface area contributed by atoms with Gasteiger partial charge in [-0.2, -0.15) is 0 Å². The van der Waals surface area contributed by atoms with Crippen LogP contribution in [0.3, 0.4) is 0 Å². The SMILES string of the molecule is COc1ccc(C2(C(=O)Nc3ccc(C(C)C)cc3)CC2)cc1OC. The molecule has 0 spiro atoms. The van der Waals surface area contributed by atoms with Crippen LogP contribution in [-0.2, 0) is 10.2 Å². The van der Waals surface area contributed by atoms with Crippen LogP contribution in [0.5, 0.6) is 11.5 Å². The van der Waals surface area contributed by atoms with Gasteiger partial charge in [-0.15, -0.1) is 0 Å². The number of benzene rings is 2. The standard InChI is InChI=1S/C21H25NO3/c1-14(2)15-5-8-17(9-6-15)22-20(23)21(11-12-21)16-7-10-18(24-3)19(13-16)25-4/h5-10,13-14H,11-12H2,1-4H3,(H,22,23). The minimum absolute atomic E-state index is 0.0389. The first kappa shape index (κ1) is 17.3. The Labute approximate surface area is 149 Å². The second kappa shape index (κ2) is 6.79. The highest BCUT2D eigenvalue weighted by atomic mass is 16.5. The maximum atomic E-state index is 12.9. The van der Waals surface area contributed by atoms with E-state index in [1.807, 2.05) is 30.3 Å². The van der Waals surface area contributed by atoms with Gasteiger partial charge in [-0.1, -0.05) is 32.0 Å². The van der Waals surface area contributed by atoms with Crippen LogP contribution in [0.25, 0.3) is 0 Å². The molecule has 1 amide bonds. The maximum Gasteiger partial charge on any atom is 0.235 e. The summed E-state index contributed by atoms with van der Waals surface area (Å²) in [5.41, 5.74) is 2.61. The van der Waals surface area contributed by atoms with Crippen molar-refractivity contribution < 1.29 is 14.3 Å². The Morgan fingerprint density at radius 1 is 1.00 bits per heavy atom. The molecule has 1 N–H and O–H groups in total. The maximum absolute atomic E-state index is 12.9. The zero-order chi connectivity index (χ0) is 18.0. The lowest BCUT2D eigenvalue weighted by Crippen LogP contribution is -2.27. The molecule has 1 aliphatic rings. The highest BCUT2D eigenvalue weighted by molar-refractivity contribution is 6.01. The molecule has 25 heavy (non-hydrogen) atoms. The molecule has 4 nitrogen and oxygen atoms in total. The van der Waals surface area contributed by atoms with E-state index >= 15 is 0 Å². The van der Waals surface area contributed by atoms with Gasteiger partial charge < -0.3 is 14.8 Å². The average Bonchev–Trinajstić information content (AvgIpc) is 3.43. The summed E-state index contributed by atoms with van der Waals surface area (Å²) in [7, 11) is 3.22. The molecule has 0 unspecified atom stereocenters. The molecule has 132 valence electrons. The van der Waals surface area contributed by atoms with E-state index in [0.717, 1.165) is 24.1 Å². The van der Waals surface area contributed by atoms with Gasteiger partial charge in [0.2, 0.25) is 5.91 Å². The van der Waals surface area contributed by atoms with Crippen molar-refractivity contribution in [1.29, 1.82) is 0 Å². The van der Waals surface area contributed by atoms with Crippen molar-refractivity contribution in [2.75, 3.05) is 19.5 Å². The van der Waals surface area contributed by atoms with E-state index in [9.17, 15) is 4.79 Å². The third-order valence-electron chi connectivity index (χ3n) is 4.96. The molecule has 1 fully saturated rings. The number of rotatable bonds is 6. The van der Waals surface area contributed by atoms with Gasteiger partial charge in [-0.3, -0.25) is 4.79 Å². The number of carbonyl (C=O) groups excluding carboxylic acids is 1. The van der Waals surface area contributed by atoms with E-state index in [0.29, 0.717) is 17.4 Å². The minimum atomic E-state index is -0.462. The molecule has 3 rings (SSSR count). The van der Waals surface area contributed by atoms with Gasteiger partial charge in [0.05, 0.1) is 19.6 Å². The topological polar surface area (TPSA) is 47.6 Å². The van der Waals surface area contributed by atoms with Gasteiger partial charge in [-0.25, -0.2) is 0 Å². The Morgan fingerprint density at radius 2 is 1.64 bits per heavy atom. The first-order chi connectivity index (χ1) is 12.0. The van der Waals surface area contributed by atoms with Crippen molar-refractivity contribution >= 4 is 11.6 Å². The van der Waals surface area contributed by atoms with Crippen LogP contribution in [-0.4, -0.2) is 20.1 Å².